The highest BCUT2D eigenvalue weighted by Gasteiger charge is 2.22. The zero-order chi connectivity index (χ0) is 29.5. The van der Waals surface area contributed by atoms with Crippen molar-refractivity contribution < 1.29 is 0 Å². The van der Waals surface area contributed by atoms with Crippen LogP contribution in [0.15, 0.2) is 134 Å². The maximum Gasteiger partial charge on any atom is 0.146 e. The minimum absolute atomic E-state index is 0.902. The summed E-state index contributed by atoms with van der Waals surface area (Å²) in [5, 5.41) is 5.97. The molecule has 0 atom stereocenters. The topological polar surface area (TPSA) is 40.6 Å². The molecule has 0 saturated carbocycles. The van der Waals surface area contributed by atoms with Gasteiger partial charge in [-0.25, -0.2) is 9.97 Å². The third kappa shape index (κ3) is 3.43. The Bertz CT molecular complexity index is 2430. The van der Waals surface area contributed by atoms with Crippen LogP contribution in [0.5, 0.6) is 0 Å². The van der Waals surface area contributed by atoms with E-state index < -0.39 is 0 Å². The molecule has 1 aliphatic carbocycles. The van der Waals surface area contributed by atoms with Crippen LogP contribution in [0.1, 0.15) is 17.7 Å². The van der Waals surface area contributed by atoms with E-state index >= 15 is 0 Å². The van der Waals surface area contributed by atoms with Crippen molar-refractivity contribution in [3.8, 4) is 17.1 Å². The molecule has 5 aromatic heterocycles. The standard InChI is InChI=1S/C40H27N5/c1-5-17-35-29(11-1)30-12-2-6-18-36(30)43(35)26-23-27(44-37-19-7-3-13-31(37)32-14-4-8-20-38(32)44)25-28(24-26)45-39-33(15-9-21-41-39)34-16-10-22-42-40(34)45/h1-7,9-19,21-25H,8,20H2. The molecule has 5 heterocycles. The maximum absolute atomic E-state index is 4.90. The predicted octanol–water partition coefficient (Wildman–Crippen LogP) is 9.57. The molecule has 45 heavy (non-hydrogen) atoms. The summed E-state index contributed by atoms with van der Waals surface area (Å²) in [6.45, 7) is 0. The SMILES string of the molecule is C1=Cc2c(n(-c3cc(-n4c5ccccc5c5ccccc54)cc(-n4c5ncccc5c5cccnc54)c3)c3ccccc23)CC1. The van der Waals surface area contributed by atoms with Gasteiger partial charge in [-0.05, 0) is 73.5 Å². The Morgan fingerprint density at radius 3 is 1.58 bits per heavy atom. The predicted molar refractivity (Wildman–Crippen MR) is 185 cm³/mol. The number of allylic oxidation sites excluding steroid dienone is 1. The van der Waals surface area contributed by atoms with Crippen molar-refractivity contribution in [1.29, 1.82) is 0 Å². The highest BCUT2D eigenvalue weighted by atomic mass is 15.1. The number of benzene rings is 4. The van der Waals surface area contributed by atoms with Gasteiger partial charge in [0.05, 0.1) is 33.6 Å². The van der Waals surface area contributed by atoms with Gasteiger partial charge in [0.1, 0.15) is 11.3 Å². The quantitative estimate of drug-likeness (QED) is 0.210. The molecule has 9 aromatic rings. The van der Waals surface area contributed by atoms with E-state index in [4.69, 9.17) is 9.97 Å². The van der Waals surface area contributed by atoms with Gasteiger partial charge in [-0.1, -0.05) is 66.7 Å². The first kappa shape index (κ1) is 24.5. The first-order valence-electron chi connectivity index (χ1n) is 15.5. The van der Waals surface area contributed by atoms with Crippen molar-refractivity contribution in [3.63, 3.8) is 0 Å². The summed E-state index contributed by atoms with van der Waals surface area (Å²) < 4.78 is 7.11. The summed E-state index contributed by atoms with van der Waals surface area (Å²) in [6.07, 6.45) is 10.4. The molecule has 5 nitrogen and oxygen atoms in total. The first-order valence-corrected chi connectivity index (χ1v) is 15.5. The Morgan fingerprint density at radius 1 is 0.467 bits per heavy atom. The maximum atomic E-state index is 4.90. The Kier molecular flexibility index (Phi) is 5.05. The molecule has 0 unspecified atom stereocenters. The fraction of sp³-hybridized carbons (Fsp3) is 0.0500. The molecule has 5 heteroatoms. The minimum atomic E-state index is 0.902. The first-order chi connectivity index (χ1) is 22.3. The number of pyridine rings is 2. The van der Waals surface area contributed by atoms with Crippen LogP contribution >= 0.6 is 0 Å². The number of fused-ring (bicyclic) bond motifs is 9. The lowest BCUT2D eigenvalue weighted by atomic mass is 10.0. The molecule has 0 bridgehead atoms. The van der Waals surface area contributed by atoms with E-state index in [-0.39, 0.29) is 0 Å². The van der Waals surface area contributed by atoms with Gasteiger partial charge in [0.2, 0.25) is 0 Å². The normalized spacial score (nSPS) is 13.1. The van der Waals surface area contributed by atoms with Crippen LogP contribution in [0.25, 0.3) is 77.9 Å². The van der Waals surface area contributed by atoms with E-state index in [2.05, 4.69) is 129 Å². The second-order valence-electron chi connectivity index (χ2n) is 11.8. The van der Waals surface area contributed by atoms with E-state index in [1.165, 1.54) is 44.0 Å². The average molecular weight is 578 g/mol. The summed E-state index contributed by atoms with van der Waals surface area (Å²) in [6, 6.07) is 41.4. The number of para-hydroxylation sites is 3. The van der Waals surface area contributed by atoms with E-state index in [1.807, 2.05) is 24.5 Å². The van der Waals surface area contributed by atoms with Crippen molar-refractivity contribution in [2.75, 3.05) is 0 Å². The van der Waals surface area contributed by atoms with Gasteiger partial charge >= 0.3 is 0 Å². The molecule has 4 aromatic carbocycles. The molecule has 0 N–H and O–H groups in total. The second-order valence-corrected chi connectivity index (χ2v) is 11.8. The summed E-state index contributed by atoms with van der Waals surface area (Å²) in [4.78, 5) is 9.80. The van der Waals surface area contributed by atoms with Crippen molar-refractivity contribution >= 4 is 60.9 Å². The fourth-order valence-corrected chi connectivity index (χ4v) is 7.55. The van der Waals surface area contributed by atoms with Crippen molar-refractivity contribution in [2.45, 2.75) is 12.8 Å². The van der Waals surface area contributed by atoms with Gasteiger partial charge in [0.25, 0.3) is 0 Å². The molecular weight excluding hydrogens is 550 g/mol. The number of aromatic nitrogens is 5. The van der Waals surface area contributed by atoms with Crippen LogP contribution in [0.2, 0.25) is 0 Å². The number of nitrogens with zero attached hydrogens (tertiary/aromatic N) is 5. The van der Waals surface area contributed by atoms with Gasteiger partial charge in [0.15, 0.2) is 0 Å². The Hall–Kier alpha value is -5.94. The van der Waals surface area contributed by atoms with Crippen LogP contribution in [-0.2, 0) is 6.42 Å². The largest absolute Gasteiger partial charge is 0.313 e. The second kappa shape index (κ2) is 9.28. The molecule has 0 saturated heterocycles. The van der Waals surface area contributed by atoms with E-state index in [0.29, 0.717) is 0 Å². The fourth-order valence-electron chi connectivity index (χ4n) is 7.55. The highest BCUT2D eigenvalue weighted by molar-refractivity contribution is 6.09. The third-order valence-electron chi connectivity index (χ3n) is 9.38. The summed E-state index contributed by atoms with van der Waals surface area (Å²) >= 11 is 0. The smallest absolute Gasteiger partial charge is 0.146 e. The lowest BCUT2D eigenvalue weighted by Crippen LogP contribution is -2.07. The van der Waals surface area contributed by atoms with Gasteiger partial charge in [0, 0.05) is 50.6 Å². The van der Waals surface area contributed by atoms with Gasteiger partial charge in [-0.2, -0.15) is 0 Å². The molecule has 10 rings (SSSR count). The van der Waals surface area contributed by atoms with E-state index in [0.717, 1.165) is 52.0 Å². The summed E-state index contributed by atoms with van der Waals surface area (Å²) in [5.41, 5.74) is 11.3. The lowest BCUT2D eigenvalue weighted by Gasteiger charge is -2.18. The molecule has 0 aliphatic heterocycles. The average Bonchev–Trinajstić information content (AvgIpc) is 3.74. The van der Waals surface area contributed by atoms with E-state index in [9.17, 15) is 0 Å². The van der Waals surface area contributed by atoms with Gasteiger partial charge in [-0.3, -0.25) is 4.57 Å². The molecular formula is C40H27N5. The molecule has 0 fully saturated rings. The molecule has 0 spiro atoms. The zero-order valence-corrected chi connectivity index (χ0v) is 24.4. The number of hydrogen-bond acceptors (Lipinski definition) is 2. The third-order valence-corrected chi connectivity index (χ3v) is 9.38. The monoisotopic (exact) mass is 577 g/mol. The minimum Gasteiger partial charge on any atom is -0.313 e. The highest BCUT2D eigenvalue weighted by Crippen LogP contribution is 2.38. The van der Waals surface area contributed by atoms with Crippen molar-refractivity contribution in [1.82, 2.24) is 23.7 Å². The zero-order valence-electron chi connectivity index (χ0n) is 24.4. The Morgan fingerprint density at radius 2 is 0.956 bits per heavy atom. The van der Waals surface area contributed by atoms with Crippen LogP contribution < -0.4 is 0 Å². The van der Waals surface area contributed by atoms with Crippen LogP contribution in [0, 0.1) is 0 Å². The number of hydrogen-bond donors (Lipinski definition) is 0. The molecule has 0 radical (unpaired) electrons. The Labute approximate surface area is 258 Å². The van der Waals surface area contributed by atoms with E-state index in [1.54, 1.807) is 0 Å². The van der Waals surface area contributed by atoms with Crippen molar-refractivity contribution in [3.05, 3.63) is 145 Å². The summed E-state index contributed by atoms with van der Waals surface area (Å²) in [7, 11) is 0. The van der Waals surface area contributed by atoms with Crippen LogP contribution in [0.3, 0.4) is 0 Å². The number of rotatable bonds is 3. The van der Waals surface area contributed by atoms with Crippen LogP contribution in [0.4, 0.5) is 0 Å². The lowest BCUT2D eigenvalue weighted by molar-refractivity contribution is 0.886. The van der Waals surface area contributed by atoms with Crippen molar-refractivity contribution in [2.24, 2.45) is 0 Å². The van der Waals surface area contributed by atoms with Crippen LogP contribution in [-0.4, -0.2) is 23.7 Å². The Balaban J connectivity index is 1.37. The molecule has 1 aliphatic rings. The molecule has 0 amide bonds. The van der Waals surface area contributed by atoms with Gasteiger partial charge < -0.3 is 9.13 Å². The van der Waals surface area contributed by atoms with Gasteiger partial charge in [-0.15, -0.1) is 0 Å². The molecule has 212 valence electrons. The summed E-state index contributed by atoms with van der Waals surface area (Å²) in [5.74, 6) is 0.